The van der Waals surface area contributed by atoms with Gasteiger partial charge in [0, 0.05) is 25.6 Å². The molecule has 3 heterocycles. The predicted octanol–water partition coefficient (Wildman–Crippen LogP) is 7.37. The Bertz CT molecular complexity index is 1860. The Labute approximate surface area is 220 Å². The van der Waals surface area contributed by atoms with Gasteiger partial charge in [0.15, 0.2) is 0 Å². The summed E-state index contributed by atoms with van der Waals surface area (Å²) in [5.41, 5.74) is 9.44. The van der Waals surface area contributed by atoms with Crippen LogP contribution in [0, 0.1) is 20.8 Å². The highest BCUT2D eigenvalue weighted by atomic mass is 32.1. The molecule has 0 aliphatic carbocycles. The van der Waals surface area contributed by atoms with Gasteiger partial charge in [-0.05, 0) is 83.8 Å². The van der Waals surface area contributed by atoms with Crippen molar-refractivity contribution in [2.75, 3.05) is 0 Å². The Morgan fingerprint density at radius 3 is 1.89 bits per heavy atom. The van der Waals surface area contributed by atoms with E-state index in [1.165, 1.54) is 42.2 Å². The maximum absolute atomic E-state index is 6.64. The Hall–Kier alpha value is -4.02. The van der Waals surface area contributed by atoms with Gasteiger partial charge < -0.3 is 9.47 Å². The molecule has 5 aromatic carbocycles. The van der Waals surface area contributed by atoms with E-state index in [1.807, 2.05) is 11.3 Å². The first-order valence-electron chi connectivity index (χ1n) is 12.7. The monoisotopic (exact) mass is 494 g/mol. The quantitative estimate of drug-likeness (QED) is 0.222. The largest absolute Gasteiger partial charge is 0.458 e. The molecule has 2 nitrogen and oxygen atoms in total. The van der Waals surface area contributed by atoms with E-state index in [9.17, 15) is 0 Å². The number of fused-ring (bicyclic) bond motifs is 7. The molecule has 6 aromatic rings. The van der Waals surface area contributed by atoms with Gasteiger partial charge in [-0.1, -0.05) is 60.7 Å². The van der Waals surface area contributed by atoms with E-state index in [4.69, 9.17) is 9.47 Å². The van der Waals surface area contributed by atoms with Gasteiger partial charge in [-0.15, -0.1) is 11.3 Å². The first-order chi connectivity index (χ1) is 18.1. The van der Waals surface area contributed by atoms with Crippen molar-refractivity contribution in [3.8, 4) is 34.1 Å². The lowest BCUT2D eigenvalue weighted by atomic mass is 9.34. The van der Waals surface area contributed by atoms with E-state index in [0.29, 0.717) is 0 Å². The van der Waals surface area contributed by atoms with Gasteiger partial charge in [0.25, 0.3) is 6.71 Å². The van der Waals surface area contributed by atoms with E-state index in [2.05, 4.69) is 106 Å². The molecule has 0 radical (unpaired) electrons. The fourth-order valence-electron chi connectivity index (χ4n) is 6.12. The number of rotatable bonds is 1. The number of hydrogen-bond donors (Lipinski definition) is 0. The van der Waals surface area contributed by atoms with Crippen molar-refractivity contribution in [3.63, 3.8) is 0 Å². The van der Waals surface area contributed by atoms with Crippen LogP contribution in [0.5, 0.6) is 23.0 Å². The minimum absolute atomic E-state index is 0.0950. The molecule has 2 aliphatic rings. The highest BCUT2D eigenvalue weighted by Gasteiger charge is 2.41. The van der Waals surface area contributed by atoms with Crippen LogP contribution in [0.3, 0.4) is 0 Å². The first kappa shape index (κ1) is 21.1. The second-order valence-electron chi connectivity index (χ2n) is 10.3. The molecule has 1 aromatic heterocycles. The van der Waals surface area contributed by atoms with Crippen LogP contribution in [0.15, 0.2) is 84.9 Å². The zero-order chi connectivity index (χ0) is 24.8. The fourth-order valence-corrected chi connectivity index (χ4v) is 7.27. The molecule has 0 saturated carbocycles. The van der Waals surface area contributed by atoms with Crippen molar-refractivity contribution >= 4 is 54.6 Å². The van der Waals surface area contributed by atoms with Gasteiger partial charge in [-0.3, -0.25) is 0 Å². The number of hydrogen-bond acceptors (Lipinski definition) is 3. The Kier molecular flexibility index (Phi) is 4.28. The molecule has 37 heavy (non-hydrogen) atoms. The average molecular weight is 494 g/mol. The summed E-state index contributed by atoms with van der Waals surface area (Å²) in [4.78, 5) is 0. The van der Waals surface area contributed by atoms with Crippen LogP contribution < -0.4 is 25.9 Å². The smallest absolute Gasteiger partial charge is 0.260 e. The Balaban J connectivity index is 1.37. The van der Waals surface area contributed by atoms with Crippen molar-refractivity contribution in [2.24, 2.45) is 0 Å². The maximum atomic E-state index is 6.64. The number of para-hydroxylation sites is 2. The SMILES string of the molecule is Cc1cccc2c1Oc1cc(-c3ccc4sc5c(C)cccc5c4c3)cc3c1B2c1cccc(C)c1O3. The van der Waals surface area contributed by atoms with Crippen molar-refractivity contribution in [1.29, 1.82) is 0 Å². The van der Waals surface area contributed by atoms with Gasteiger partial charge in [0.2, 0.25) is 0 Å². The third-order valence-corrected chi connectivity index (χ3v) is 9.27. The van der Waals surface area contributed by atoms with Crippen molar-refractivity contribution in [2.45, 2.75) is 20.8 Å². The average Bonchev–Trinajstić information content (AvgIpc) is 3.29. The summed E-state index contributed by atoms with van der Waals surface area (Å²) in [7, 11) is 0. The molecular weight excluding hydrogens is 471 g/mol. The summed E-state index contributed by atoms with van der Waals surface area (Å²) in [6.45, 7) is 6.54. The van der Waals surface area contributed by atoms with E-state index in [1.54, 1.807) is 0 Å². The van der Waals surface area contributed by atoms with Gasteiger partial charge in [0.1, 0.15) is 23.0 Å². The van der Waals surface area contributed by atoms with Gasteiger partial charge in [-0.2, -0.15) is 0 Å². The van der Waals surface area contributed by atoms with E-state index in [0.717, 1.165) is 45.2 Å². The molecule has 8 rings (SSSR count). The molecule has 0 amide bonds. The lowest BCUT2D eigenvalue weighted by Crippen LogP contribution is -2.57. The molecule has 0 N–H and O–H groups in total. The van der Waals surface area contributed by atoms with Crippen molar-refractivity contribution in [3.05, 3.63) is 102 Å². The number of aryl methyl sites for hydroxylation is 3. The summed E-state index contributed by atoms with van der Waals surface area (Å²) >= 11 is 1.87. The molecule has 0 atom stereocenters. The van der Waals surface area contributed by atoms with Crippen LogP contribution in [0.1, 0.15) is 16.7 Å². The lowest BCUT2D eigenvalue weighted by molar-refractivity contribution is 0.461. The van der Waals surface area contributed by atoms with Crippen LogP contribution in [0.2, 0.25) is 0 Å². The minimum Gasteiger partial charge on any atom is -0.458 e. The van der Waals surface area contributed by atoms with Gasteiger partial charge in [-0.25, -0.2) is 0 Å². The van der Waals surface area contributed by atoms with Gasteiger partial charge in [0.05, 0.1) is 0 Å². The van der Waals surface area contributed by atoms with Crippen LogP contribution in [-0.2, 0) is 0 Å². The van der Waals surface area contributed by atoms with Crippen molar-refractivity contribution in [1.82, 2.24) is 0 Å². The molecule has 0 bridgehead atoms. The number of benzene rings is 5. The Morgan fingerprint density at radius 2 is 1.22 bits per heavy atom. The Morgan fingerprint density at radius 1 is 0.595 bits per heavy atom. The van der Waals surface area contributed by atoms with Crippen LogP contribution >= 0.6 is 11.3 Å². The van der Waals surface area contributed by atoms with Crippen LogP contribution in [-0.4, -0.2) is 6.71 Å². The third-order valence-electron chi connectivity index (χ3n) is 7.95. The molecule has 0 fully saturated rings. The van der Waals surface area contributed by atoms with E-state index in [-0.39, 0.29) is 6.71 Å². The summed E-state index contributed by atoms with van der Waals surface area (Å²) in [6, 6.07) is 30.7. The summed E-state index contributed by atoms with van der Waals surface area (Å²) < 4.78 is 16.0. The first-order valence-corrected chi connectivity index (χ1v) is 13.5. The van der Waals surface area contributed by atoms with Crippen molar-refractivity contribution < 1.29 is 9.47 Å². The summed E-state index contributed by atoms with van der Waals surface area (Å²) in [6.07, 6.45) is 0. The normalized spacial score (nSPS) is 13.1. The molecule has 4 heteroatoms. The standard InChI is InChI=1S/C33H23BO2S/c1-18-7-5-11-25-31(18)35-27-16-22(17-28-30(27)34(25)26-12-6-8-19(2)32(26)36-28)21-13-14-29-24(15-21)23-10-4-9-20(3)33(23)37-29/h4-17H,1-3H3. The molecule has 2 aliphatic heterocycles. The van der Waals surface area contributed by atoms with Gasteiger partial charge >= 0.3 is 0 Å². The number of ether oxygens (including phenoxy) is 2. The second kappa shape index (κ2) is 7.50. The molecule has 0 spiro atoms. The highest BCUT2D eigenvalue weighted by molar-refractivity contribution is 7.26. The van der Waals surface area contributed by atoms with Crippen LogP contribution in [0.25, 0.3) is 31.3 Å². The zero-order valence-electron chi connectivity index (χ0n) is 20.9. The maximum Gasteiger partial charge on any atom is 0.260 e. The lowest BCUT2D eigenvalue weighted by Gasteiger charge is -2.34. The fraction of sp³-hybridized carbons (Fsp3) is 0.0909. The predicted molar refractivity (Wildman–Crippen MR) is 157 cm³/mol. The van der Waals surface area contributed by atoms with Crippen LogP contribution in [0.4, 0.5) is 0 Å². The molecule has 176 valence electrons. The second-order valence-corrected chi connectivity index (χ2v) is 11.3. The summed E-state index contributed by atoms with van der Waals surface area (Å²) in [5, 5.41) is 2.62. The zero-order valence-corrected chi connectivity index (χ0v) is 21.7. The number of thiophene rings is 1. The minimum atomic E-state index is 0.0950. The molecule has 0 saturated heterocycles. The molecular formula is C33H23BO2S. The van der Waals surface area contributed by atoms with E-state index >= 15 is 0 Å². The van der Waals surface area contributed by atoms with E-state index < -0.39 is 0 Å². The third kappa shape index (κ3) is 2.94. The molecule has 0 unspecified atom stereocenters. The highest BCUT2D eigenvalue weighted by Crippen LogP contribution is 2.42. The summed E-state index contributed by atoms with van der Waals surface area (Å²) in [5.74, 6) is 3.70. The topological polar surface area (TPSA) is 18.5 Å².